The molecule has 0 amide bonds. The summed E-state index contributed by atoms with van der Waals surface area (Å²) in [6.45, 7) is 7.01. The zero-order valence-corrected chi connectivity index (χ0v) is 13.4. The van der Waals surface area contributed by atoms with E-state index in [4.69, 9.17) is 16.3 Å². The van der Waals surface area contributed by atoms with E-state index in [0.29, 0.717) is 18.8 Å². The van der Waals surface area contributed by atoms with Gasteiger partial charge in [0, 0.05) is 25.0 Å². The highest BCUT2D eigenvalue weighted by molar-refractivity contribution is 6.30. The smallest absolute Gasteiger partial charge is 0.145 e. The first-order valence-electron chi connectivity index (χ1n) is 7.42. The van der Waals surface area contributed by atoms with Crippen molar-refractivity contribution in [3.05, 3.63) is 34.6 Å². The van der Waals surface area contributed by atoms with E-state index in [-0.39, 0.29) is 11.4 Å². The maximum absolute atomic E-state index is 14.0. The first-order valence-corrected chi connectivity index (χ1v) is 7.80. The molecule has 1 aliphatic heterocycles. The van der Waals surface area contributed by atoms with E-state index in [1.165, 1.54) is 6.07 Å². The number of ether oxygens (including phenoxy) is 1. The van der Waals surface area contributed by atoms with Crippen molar-refractivity contribution in [1.29, 1.82) is 0 Å². The Labute approximate surface area is 130 Å². The summed E-state index contributed by atoms with van der Waals surface area (Å²) < 4.78 is 19.4. The van der Waals surface area contributed by atoms with Crippen LogP contribution in [0.4, 0.5) is 4.39 Å². The highest BCUT2D eigenvalue weighted by Gasteiger charge is 2.38. The van der Waals surface area contributed by atoms with Gasteiger partial charge < -0.3 is 9.84 Å². The molecule has 21 heavy (non-hydrogen) atoms. The summed E-state index contributed by atoms with van der Waals surface area (Å²) in [5, 5.41) is 10.8. The van der Waals surface area contributed by atoms with Gasteiger partial charge in [-0.15, -0.1) is 0 Å². The van der Waals surface area contributed by atoms with Gasteiger partial charge in [-0.25, -0.2) is 4.39 Å². The second-order valence-corrected chi connectivity index (χ2v) is 6.15. The topological polar surface area (TPSA) is 32.7 Å². The third-order valence-electron chi connectivity index (χ3n) is 4.61. The Hall–Kier alpha value is -0.680. The van der Waals surface area contributed by atoms with E-state index < -0.39 is 17.5 Å². The average Bonchev–Trinajstić information content (AvgIpc) is 2.51. The lowest BCUT2D eigenvalue weighted by molar-refractivity contribution is -0.0716. The van der Waals surface area contributed by atoms with Crippen molar-refractivity contribution in [2.24, 2.45) is 0 Å². The summed E-state index contributed by atoms with van der Waals surface area (Å²) in [5.41, 5.74) is 0.0707. The van der Waals surface area contributed by atoms with Crippen LogP contribution in [-0.4, -0.2) is 48.0 Å². The standard InChI is InChI=1S/C16H23ClFNO2/c1-3-16(2,19-7-9-21-10-8-19)14(20)11-12-5-4-6-13(17)15(12)18/h4-6,14,20H,3,7-11H2,1-2H3. The molecule has 3 nitrogen and oxygen atoms in total. The van der Waals surface area contributed by atoms with Crippen molar-refractivity contribution >= 4 is 11.6 Å². The molecule has 1 N–H and O–H groups in total. The molecule has 0 aromatic heterocycles. The molecule has 2 unspecified atom stereocenters. The Morgan fingerprint density at radius 3 is 2.71 bits per heavy atom. The number of aliphatic hydroxyl groups is 1. The van der Waals surface area contributed by atoms with Gasteiger partial charge in [0.15, 0.2) is 0 Å². The Balaban J connectivity index is 2.15. The minimum absolute atomic E-state index is 0.101. The Bertz CT molecular complexity index is 479. The molecule has 0 saturated carbocycles. The van der Waals surface area contributed by atoms with Crippen molar-refractivity contribution in [2.45, 2.75) is 38.3 Å². The van der Waals surface area contributed by atoms with Gasteiger partial charge >= 0.3 is 0 Å². The van der Waals surface area contributed by atoms with Gasteiger partial charge in [0.1, 0.15) is 5.82 Å². The molecule has 1 aromatic rings. The fraction of sp³-hybridized carbons (Fsp3) is 0.625. The van der Waals surface area contributed by atoms with E-state index in [9.17, 15) is 9.50 Å². The number of hydrogen-bond acceptors (Lipinski definition) is 3. The maximum Gasteiger partial charge on any atom is 0.145 e. The van der Waals surface area contributed by atoms with Crippen LogP contribution in [0.3, 0.4) is 0 Å². The fourth-order valence-corrected chi connectivity index (χ4v) is 3.07. The third kappa shape index (κ3) is 3.57. The van der Waals surface area contributed by atoms with Crippen molar-refractivity contribution < 1.29 is 14.2 Å². The Kier molecular flexibility index (Phi) is 5.60. The summed E-state index contributed by atoms with van der Waals surface area (Å²) in [4.78, 5) is 2.24. The van der Waals surface area contributed by atoms with Crippen molar-refractivity contribution in [3.63, 3.8) is 0 Å². The monoisotopic (exact) mass is 315 g/mol. The van der Waals surface area contributed by atoms with Crippen LogP contribution in [0.5, 0.6) is 0 Å². The molecule has 0 aliphatic carbocycles. The molecule has 1 saturated heterocycles. The number of rotatable bonds is 5. The average molecular weight is 316 g/mol. The molecule has 118 valence electrons. The van der Waals surface area contributed by atoms with E-state index in [1.807, 2.05) is 13.8 Å². The predicted molar refractivity (Wildman–Crippen MR) is 82.2 cm³/mol. The highest BCUT2D eigenvalue weighted by Crippen LogP contribution is 2.28. The largest absolute Gasteiger partial charge is 0.391 e. The molecule has 0 spiro atoms. The van der Waals surface area contributed by atoms with Crippen LogP contribution in [-0.2, 0) is 11.2 Å². The van der Waals surface area contributed by atoms with Crippen LogP contribution in [0.25, 0.3) is 0 Å². The molecule has 2 rings (SSSR count). The lowest BCUT2D eigenvalue weighted by atomic mass is 9.85. The molecule has 0 bridgehead atoms. The Morgan fingerprint density at radius 2 is 2.10 bits per heavy atom. The minimum Gasteiger partial charge on any atom is -0.391 e. The van der Waals surface area contributed by atoms with Crippen LogP contribution in [0.15, 0.2) is 18.2 Å². The molecule has 5 heteroatoms. The predicted octanol–water partition coefficient (Wildman–Crippen LogP) is 2.88. The number of halogens is 2. The van der Waals surface area contributed by atoms with Crippen molar-refractivity contribution in [1.82, 2.24) is 4.90 Å². The molecule has 2 atom stereocenters. The minimum atomic E-state index is -0.659. The lowest BCUT2D eigenvalue weighted by Crippen LogP contribution is -2.58. The van der Waals surface area contributed by atoms with Crippen LogP contribution in [0.2, 0.25) is 5.02 Å². The van der Waals surface area contributed by atoms with E-state index in [0.717, 1.165) is 19.5 Å². The number of aliphatic hydroxyl groups excluding tert-OH is 1. The normalized spacial score (nSPS) is 21.0. The molecule has 1 aromatic carbocycles. The first-order chi connectivity index (χ1) is 9.99. The van der Waals surface area contributed by atoms with Crippen LogP contribution >= 0.6 is 11.6 Å². The summed E-state index contributed by atoms with van der Waals surface area (Å²) in [7, 11) is 0. The van der Waals surface area contributed by atoms with Gasteiger partial charge in [0.2, 0.25) is 0 Å². The van der Waals surface area contributed by atoms with Crippen LogP contribution in [0, 0.1) is 5.82 Å². The molecular weight excluding hydrogens is 293 g/mol. The van der Waals surface area contributed by atoms with E-state index in [1.54, 1.807) is 12.1 Å². The zero-order chi connectivity index (χ0) is 15.5. The lowest BCUT2D eigenvalue weighted by Gasteiger charge is -2.46. The quantitative estimate of drug-likeness (QED) is 0.907. The van der Waals surface area contributed by atoms with Gasteiger partial charge in [0.25, 0.3) is 0 Å². The van der Waals surface area contributed by atoms with Gasteiger partial charge in [0.05, 0.1) is 24.3 Å². The molecular formula is C16H23ClFNO2. The third-order valence-corrected chi connectivity index (χ3v) is 4.90. The highest BCUT2D eigenvalue weighted by atomic mass is 35.5. The fourth-order valence-electron chi connectivity index (χ4n) is 2.88. The van der Waals surface area contributed by atoms with Gasteiger partial charge in [-0.05, 0) is 25.0 Å². The SMILES string of the molecule is CCC(C)(C(O)Cc1cccc(Cl)c1F)N1CCOCC1. The number of benzene rings is 1. The molecule has 1 fully saturated rings. The molecule has 1 aliphatic rings. The van der Waals surface area contributed by atoms with Gasteiger partial charge in [-0.1, -0.05) is 30.7 Å². The molecule has 0 radical (unpaired) electrons. The summed E-state index contributed by atoms with van der Waals surface area (Å²) >= 11 is 5.81. The van der Waals surface area contributed by atoms with Gasteiger partial charge in [-0.2, -0.15) is 0 Å². The van der Waals surface area contributed by atoms with Gasteiger partial charge in [-0.3, -0.25) is 4.90 Å². The summed E-state index contributed by atoms with van der Waals surface area (Å²) in [6, 6.07) is 4.92. The zero-order valence-electron chi connectivity index (χ0n) is 12.6. The maximum atomic E-state index is 14.0. The van der Waals surface area contributed by atoms with Crippen LogP contribution in [0.1, 0.15) is 25.8 Å². The van der Waals surface area contributed by atoms with Crippen LogP contribution < -0.4 is 0 Å². The second-order valence-electron chi connectivity index (χ2n) is 5.74. The Morgan fingerprint density at radius 1 is 1.43 bits per heavy atom. The first kappa shape index (κ1) is 16.7. The second kappa shape index (κ2) is 7.05. The number of morpholine rings is 1. The molecule has 1 heterocycles. The number of nitrogens with zero attached hydrogens (tertiary/aromatic N) is 1. The summed E-state index contributed by atoms with van der Waals surface area (Å²) in [6.07, 6.45) is 0.387. The van der Waals surface area contributed by atoms with Crippen molar-refractivity contribution in [2.75, 3.05) is 26.3 Å². The van der Waals surface area contributed by atoms with E-state index >= 15 is 0 Å². The van der Waals surface area contributed by atoms with E-state index in [2.05, 4.69) is 4.90 Å². The number of hydrogen-bond donors (Lipinski definition) is 1. The summed E-state index contributed by atoms with van der Waals surface area (Å²) in [5.74, 6) is -0.432. The van der Waals surface area contributed by atoms with Crippen molar-refractivity contribution in [3.8, 4) is 0 Å².